The van der Waals surface area contributed by atoms with Gasteiger partial charge in [-0.05, 0) is 45.6 Å². The summed E-state index contributed by atoms with van der Waals surface area (Å²) in [5.41, 5.74) is 0.0263. The van der Waals surface area contributed by atoms with Crippen LogP contribution in [0.15, 0.2) is 40.2 Å². The second kappa shape index (κ2) is 8.07. The summed E-state index contributed by atoms with van der Waals surface area (Å²) in [6, 6.07) is 5.59. The van der Waals surface area contributed by atoms with Gasteiger partial charge in [0.25, 0.3) is 5.91 Å². The fraction of sp³-hybridized carbons (Fsp3) is 0.222. The number of alkyl halides is 3. The van der Waals surface area contributed by atoms with E-state index in [9.17, 15) is 18.0 Å². The summed E-state index contributed by atoms with van der Waals surface area (Å²) >= 11 is 16.6. The van der Waals surface area contributed by atoms with Gasteiger partial charge >= 0.3 is 6.18 Å². The van der Waals surface area contributed by atoms with Gasteiger partial charge < -0.3 is 10.6 Å². The van der Waals surface area contributed by atoms with Crippen molar-refractivity contribution >= 4 is 67.9 Å². The third kappa shape index (κ3) is 4.05. The molecule has 1 amide bonds. The average molecular weight is 540 g/mol. The molecule has 158 valence electrons. The number of nitrogens with zero attached hydrogens (tertiary/aromatic N) is 2. The Kier molecular flexibility index (Phi) is 5.78. The van der Waals surface area contributed by atoms with Crippen molar-refractivity contribution in [2.24, 2.45) is 0 Å². The summed E-state index contributed by atoms with van der Waals surface area (Å²) < 4.78 is 42.3. The van der Waals surface area contributed by atoms with E-state index < -0.39 is 24.2 Å². The number of hydrogen-bond donors (Lipinski definition) is 2. The Labute approximate surface area is 191 Å². The van der Waals surface area contributed by atoms with Gasteiger partial charge in [0.05, 0.1) is 21.2 Å². The highest BCUT2D eigenvalue weighted by Crippen LogP contribution is 2.47. The van der Waals surface area contributed by atoms with Crippen molar-refractivity contribution in [2.75, 3.05) is 10.6 Å². The van der Waals surface area contributed by atoms with Crippen LogP contribution >= 0.6 is 50.5 Å². The molecule has 0 aliphatic carbocycles. The first-order valence-corrected chi connectivity index (χ1v) is 11.0. The number of aromatic nitrogens is 2. The van der Waals surface area contributed by atoms with Gasteiger partial charge in [-0.15, -0.1) is 11.3 Å². The molecule has 0 saturated carbocycles. The van der Waals surface area contributed by atoms with Crippen molar-refractivity contribution in [1.82, 2.24) is 9.78 Å². The molecule has 12 heteroatoms. The third-order valence-corrected chi connectivity index (χ3v) is 6.88. The van der Waals surface area contributed by atoms with Crippen molar-refractivity contribution in [2.45, 2.75) is 24.7 Å². The van der Waals surface area contributed by atoms with Crippen molar-refractivity contribution in [3.8, 4) is 0 Å². The lowest BCUT2D eigenvalue weighted by Crippen LogP contribution is -2.35. The number of carbonyl (C=O) groups excluding carboxylic acids is 1. The zero-order valence-corrected chi connectivity index (χ0v) is 18.7. The van der Waals surface area contributed by atoms with Crippen molar-refractivity contribution in [3.05, 3.63) is 60.8 Å². The predicted octanol–water partition coefficient (Wildman–Crippen LogP) is 6.93. The number of rotatable bonds is 3. The van der Waals surface area contributed by atoms with Gasteiger partial charge in [-0.25, -0.2) is 4.68 Å². The highest BCUT2D eigenvalue weighted by molar-refractivity contribution is 9.10. The molecule has 2 atom stereocenters. The number of anilines is 2. The van der Waals surface area contributed by atoms with E-state index >= 15 is 0 Å². The Bertz CT molecular complexity index is 1100. The molecular formula is C18H12BrCl2F3N4OS. The Morgan fingerprint density at radius 2 is 2.10 bits per heavy atom. The zero-order valence-electron chi connectivity index (χ0n) is 14.8. The van der Waals surface area contributed by atoms with Crippen LogP contribution < -0.4 is 10.6 Å². The molecule has 0 unspecified atom stereocenters. The number of thiophene rings is 1. The van der Waals surface area contributed by atoms with Gasteiger partial charge in [0, 0.05) is 16.3 Å². The second-order valence-corrected chi connectivity index (χ2v) is 9.16. The molecule has 0 fully saturated rings. The van der Waals surface area contributed by atoms with Crippen LogP contribution in [0, 0.1) is 0 Å². The summed E-state index contributed by atoms with van der Waals surface area (Å²) in [4.78, 5) is 13.5. The molecule has 4 rings (SSSR count). The molecule has 1 aliphatic rings. The second-order valence-electron chi connectivity index (χ2n) is 6.54. The van der Waals surface area contributed by atoms with Gasteiger partial charge in [0.1, 0.15) is 5.82 Å². The van der Waals surface area contributed by atoms with Crippen LogP contribution in [0.3, 0.4) is 0 Å². The fourth-order valence-electron chi connectivity index (χ4n) is 3.19. The van der Waals surface area contributed by atoms with Gasteiger partial charge in [-0.2, -0.15) is 18.3 Å². The van der Waals surface area contributed by atoms with Crippen LogP contribution in [0.5, 0.6) is 0 Å². The fourth-order valence-corrected chi connectivity index (χ4v) is 4.87. The molecule has 3 heterocycles. The minimum Gasteiger partial charge on any atom is -0.362 e. The molecule has 3 aromatic rings. The van der Waals surface area contributed by atoms with Gasteiger partial charge in [0.15, 0.2) is 11.7 Å². The Hall–Kier alpha value is -1.75. The number of benzene rings is 1. The molecule has 30 heavy (non-hydrogen) atoms. The molecule has 0 saturated heterocycles. The molecular weight excluding hydrogens is 528 g/mol. The number of nitrogens with one attached hydrogen (secondary N) is 2. The van der Waals surface area contributed by atoms with E-state index in [4.69, 9.17) is 23.2 Å². The van der Waals surface area contributed by atoms with E-state index in [2.05, 4.69) is 31.7 Å². The Morgan fingerprint density at radius 1 is 1.33 bits per heavy atom. The highest BCUT2D eigenvalue weighted by Gasteiger charge is 2.48. The van der Waals surface area contributed by atoms with Crippen molar-refractivity contribution in [3.63, 3.8) is 0 Å². The smallest absolute Gasteiger partial charge is 0.362 e. The number of hydrogen-bond acceptors (Lipinski definition) is 4. The quantitative estimate of drug-likeness (QED) is 0.379. The first kappa shape index (κ1) is 21.5. The van der Waals surface area contributed by atoms with E-state index in [1.54, 1.807) is 23.6 Å². The standard InChI is InChI=1S/C18H12BrCl2F3N4OS/c19-14-15(17(29)26-10-6-8(20)3-4-9(10)21)27-28-13(18(22,23)24)7-11(25-16(14)28)12-2-1-5-30-12/h1-6,11,13,25H,7H2,(H,26,29)/t11-,13+/m0/s1. The molecule has 1 aliphatic heterocycles. The van der Waals surface area contributed by atoms with Crippen LogP contribution in [0.25, 0.3) is 0 Å². The maximum absolute atomic E-state index is 13.8. The summed E-state index contributed by atoms with van der Waals surface area (Å²) in [6.45, 7) is 0. The maximum Gasteiger partial charge on any atom is 0.410 e. The minimum atomic E-state index is -4.54. The summed E-state index contributed by atoms with van der Waals surface area (Å²) in [5.74, 6) is -0.632. The topological polar surface area (TPSA) is 59.0 Å². The lowest BCUT2D eigenvalue weighted by Gasteiger charge is -2.33. The van der Waals surface area contributed by atoms with E-state index in [-0.39, 0.29) is 33.1 Å². The average Bonchev–Trinajstić information content (AvgIpc) is 3.32. The highest BCUT2D eigenvalue weighted by atomic mass is 79.9. The first-order chi connectivity index (χ1) is 14.1. The molecule has 2 N–H and O–H groups in total. The SMILES string of the molecule is O=C(Nc1cc(Cl)ccc1Cl)c1nn2c(c1Br)N[C@H](c1cccs1)C[C@@H]2C(F)(F)F. The molecule has 5 nitrogen and oxygen atoms in total. The Morgan fingerprint density at radius 3 is 2.77 bits per heavy atom. The summed E-state index contributed by atoms with van der Waals surface area (Å²) in [6.07, 6.45) is -4.78. The normalized spacial score (nSPS) is 18.6. The van der Waals surface area contributed by atoms with Gasteiger partial charge in [0.2, 0.25) is 0 Å². The van der Waals surface area contributed by atoms with Crippen molar-refractivity contribution < 1.29 is 18.0 Å². The van der Waals surface area contributed by atoms with Crippen molar-refractivity contribution in [1.29, 1.82) is 0 Å². The monoisotopic (exact) mass is 538 g/mol. The van der Waals surface area contributed by atoms with Crippen LogP contribution in [0.1, 0.15) is 33.9 Å². The van der Waals surface area contributed by atoms with Crippen LogP contribution in [0.4, 0.5) is 24.7 Å². The molecule has 0 spiro atoms. The van der Waals surface area contributed by atoms with Crippen LogP contribution in [-0.4, -0.2) is 21.9 Å². The number of amides is 1. The maximum atomic E-state index is 13.8. The first-order valence-electron chi connectivity index (χ1n) is 8.56. The predicted molar refractivity (Wildman–Crippen MR) is 115 cm³/mol. The molecule has 2 aromatic heterocycles. The van der Waals surface area contributed by atoms with Crippen LogP contribution in [0.2, 0.25) is 10.0 Å². The van der Waals surface area contributed by atoms with Gasteiger partial charge in [-0.1, -0.05) is 29.3 Å². The van der Waals surface area contributed by atoms with E-state index in [1.807, 2.05) is 0 Å². The van der Waals surface area contributed by atoms with E-state index in [0.29, 0.717) is 5.02 Å². The number of fused-ring (bicyclic) bond motifs is 1. The lowest BCUT2D eigenvalue weighted by molar-refractivity contribution is -0.173. The summed E-state index contributed by atoms with van der Waals surface area (Å²) in [5, 5.41) is 11.9. The van der Waals surface area contributed by atoms with Crippen LogP contribution in [-0.2, 0) is 0 Å². The minimum absolute atomic E-state index is 0.0873. The molecule has 1 aromatic carbocycles. The molecule has 0 bridgehead atoms. The van der Waals surface area contributed by atoms with E-state index in [0.717, 1.165) is 9.56 Å². The largest absolute Gasteiger partial charge is 0.410 e. The van der Waals surface area contributed by atoms with E-state index in [1.165, 1.54) is 23.5 Å². The third-order valence-electron chi connectivity index (χ3n) is 4.57. The van der Waals surface area contributed by atoms with Gasteiger partial charge in [-0.3, -0.25) is 4.79 Å². The molecule has 0 radical (unpaired) electrons. The lowest BCUT2D eigenvalue weighted by atomic mass is 10.0. The number of halogens is 6. The zero-order chi connectivity index (χ0) is 21.6. The summed E-state index contributed by atoms with van der Waals surface area (Å²) in [7, 11) is 0. The Balaban J connectivity index is 1.71. The number of carbonyl (C=O) groups is 1.